The molecule has 0 aromatic heterocycles. The van der Waals surface area contributed by atoms with Gasteiger partial charge in [0.2, 0.25) is 0 Å². The highest BCUT2D eigenvalue weighted by Crippen LogP contribution is 2.54. The van der Waals surface area contributed by atoms with Crippen LogP contribution in [-0.4, -0.2) is 40.8 Å². The minimum atomic E-state index is -0.698. The largest absolute Gasteiger partial charge is 0.481 e. The summed E-state index contributed by atoms with van der Waals surface area (Å²) in [6.07, 6.45) is 5.17. The number of likely N-dealkylation sites (tertiary alicyclic amines) is 1. The number of hydrogen-bond acceptors (Lipinski definition) is 3. The third kappa shape index (κ3) is 4.35. The van der Waals surface area contributed by atoms with E-state index in [-0.39, 0.29) is 12.5 Å². The number of piperidine rings is 1. The van der Waals surface area contributed by atoms with Crippen molar-refractivity contribution < 1.29 is 19.4 Å². The molecule has 1 aliphatic carbocycles. The number of carbonyl (C=O) groups excluding carboxylic acids is 1. The van der Waals surface area contributed by atoms with Crippen LogP contribution in [0, 0.1) is 11.3 Å². The first-order chi connectivity index (χ1) is 9.69. The standard InChI is InChI=1S/C16H27NO4/c1-15(2,3)21-14(20)17-8-6-16(7-9-17)10-12(11-16)4-5-13(18)19/h12H,4-11H2,1-3H3,(H,18,19). The summed E-state index contributed by atoms with van der Waals surface area (Å²) in [6, 6.07) is 0. The lowest BCUT2D eigenvalue weighted by atomic mass is 9.56. The molecule has 1 aliphatic heterocycles. The molecule has 2 rings (SSSR count). The summed E-state index contributed by atoms with van der Waals surface area (Å²) in [6.45, 7) is 7.18. The molecule has 2 aliphatic rings. The zero-order chi connectivity index (χ0) is 15.7. The second kappa shape index (κ2) is 5.85. The minimum absolute atomic E-state index is 0.209. The van der Waals surface area contributed by atoms with Crippen LogP contribution in [0.15, 0.2) is 0 Å². The van der Waals surface area contributed by atoms with E-state index in [0.717, 1.165) is 45.2 Å². The van der Waals surface area contributed by atoms with Crippen LogP contribution in [0.2, 0.25) is 0 Å². The molecule has 0 aromatic carbocycles. The molecule has 120 valence electrons. The average molecular weight is 297 g/mol. The van der Waals surface area contributed by atoms with Crippen molar-refractivity contribution in [3.8, 4) is 0 Å². The van der Waals surface area contributed by atoms with E-state index in [4.69, 9.17) is 9.84 Å². The van der Waals surface area contributed by atoms with Gasteiger partial charge in [0.15, 0.2) is 0 Å². The number of carboxylic acid groups (broad SMARTS) is 1. The summed E-state index contributed by atoms with van der Waals surface area (Å²) >= 11 is 0. The Morgan fingerprint density at radius 1 is 1.24 bits per heavy atom. The molecule has 0 radical (unpaired) electrons. The molecule has 0 bridgehead atoms. The third-order valence-electron chi connectivity index (χ3n) is 4.69. The Kier molecular flexibility index (Phi) is 4.49. The van der Waals surface area contributed by atoms with Crippen molar-refractivity contribution in [3.05, 3.63) is 0 Å². The van der Waals surface area contributed by atoms with E-state index in [1.54, 1.807) is 4.90 Å². The van der Waals surface area contributed by atoms with Crippen LogP contribution in [0.25, 0.3) is 0 Å². The van der Waals surface area contributed by atoms with E-state index in [1.165, 1.54) is 0 Å². The maximum Gasteiger partial charge on any atom is 0.410 e. The summed E-state index contributed by atoms with van der Waals surface area (Å²) in [7, 11) is 0. The van der Waals surface area contributed by atoms with Crippen LogP contribution < -0.4 is 0 Å². The topological polar surface area (TPSA) is 66.8 Å². The summed E-state index contributed by atoms with van der Waals surface area (Å²) < 4.78 is 5.40. The maximum atomic E-state index is 12.0. The van der Waals surface area contributed by atoms with Crippen molar-refractivity contribution in [1.29, 1.82) is 0 Å². The number of amides is 1. The fourth-order valence-corrected chi connectivity index (χ4v) is 3.60. The predicted octanol–water partition coefficient (Wildman–Crippen LogP) is 3.28. The third-order valence-corrected chi connectivity index (χ3v) is 4.69. The summed E-state index contributed by atoms with van der Waals surface area (Å²) in [4.78, 5) is 24.4. The summed E-state index contributed by atoms with van der Waals surface area (Å²) in [5, 5.41) is 8.71. The van der Waals surface area contributed by atoms with Gasteiger partial charge in [0.1, 0.15) is 5.60 Å². The Labute approximate surface area is 126 Å². The maximum absolute atomic E-state index is 12.0. The highest BCUT2D eigenvalue weighted by molar-refractivity contribution is 5.68. The fraction of sp³-hybridized carbons (Fsp3) is 0.875. The second-order valence-electron chi connectivity index (χ2n) is 7.67. The number of rotatable bonds is 3. The van der Waals surface area contributed by atoms with Crippen LogP contribution in [0.4, 0.5) is 4.79 Å². The summed E-state index contributed by atoms with van der Waals surface area (Å²) in [5.41, 5.74) is -0.0771. The molecule has 1 amide bonds. The lowest BCUT2D eigenvalue weighted by molar-refractivity contribution is -0.138. The second-order valence-corrected chi connectivity index (χ2v) is 7.67. The van der Waals surface area contributed by atoms with Gasteiger partial charge in [-0.2, -0.15) is 0 Å². The quantitative estimate of drug-likeness (QED) is 0.868. The molecule has 2 fully saturated rings. The molecule has 0 unspecified atom stereocenters. The van der Waals surface area contributed by atoms with Gasteiger partial charge in [-0.05, 0) is 64.2 Å². The highest BCUT2D eigenvalue weighted by atomic mass is 16.6. The number of carbonyl (C=O) groups is 2. The van der Waals surface area contributed by atoms with E-state index in [0.29, 0.717) is 11.3 Å². The van der Waals surface area contributed by atoms with E-state index in [2.05, 4.69) is 0 Å². The van der Waals surface area contributed by atoms with Gasteiger partial charge in [-0.1, -0.05) is 0 Å². The number of carboxylic acids is 1. The number of ether oxygens (including phenoxy) is 1. The Morgan fingerprint density at radius 2 is 1.81 bits per heavy atom. The van der Waals surface area contributed by atoms with Gasteiger partial charge in [0, 0.05) is 19.5 Å². The summed E-state index contributed by atoms with van der Waals surface area (Å²) in [5.74, 6) is -0.134. The zero-order valence-corrected chi connectivity index (χ0v) is 13.4. The lowest BCUT2D eigenvalue weighted by Crippen LogP contribution is -2.49. The normalized spacial score (nSPS) is 22.0. The van der Waals surface area contributed by atoms with Gasteiger partial charge in [0.05, 0.1) is 0 Å². The van der Waals surface area contributed by atoms with Crippen LogP contribution in [-0.2, 0) is 9.53 Å². The Bertz CT molecular complexity index is 397. The predicted molar refractivity (Wildman–Crippen MR) is 79.1 cm³/mol. The zero-order valence-electron chi connectivity index (χ0n) is 13.4. The Hall–Kier alpha value is -1.26. The molecule has 1 heterocycles. The minimum Gasteiger partial charge on any atom is -0.481 e. The molecular weight excluding hydrogens is 270 g/mol. The van der Waals surface area contributed by atoms with Crippen molar-refractivity contribution in [2.45, 2.75) is 64.9 Å². The van der Waals surface area contributed by atoms with Crippen molar-refractivity contribution in [3.63, 3.8) is 0 Å². The fourth-order valence-electron chi connectivity index (χ4n) is 3.60. The molecule has 0 atom stereocenters. The van der Waals surface area contributed by atoms with Gasteiger partial charge < -0.3 is 14.7 Å². The number of hydrogen-bond donors (Lipinski definition) is 1. The van der Waals surface area contributed by atoms with E-state index in [9.17, 15) is 9.59 Å². The van der Waals surface area contributed by atoms with Crippen LogP contribution >= 0.6 is 0 Å². The molecular formula is C16H27NO4. The van der Waals surface area contributed by atoms with E-state index >= 15 is 0 Å². The SMILES string of the molecule is CC(C)(C)OC(=O)N1CCC2(CC1)CC(CCC(=O)O)C2. The molecule has 5 heteroatoms. The first-order valence-corrected chi connectivity index (χ1v) is 7.89. The van der Waals surface area contributed by atoms with Crippen molar-refractivity contribution in [2.24, 2.45) is 11.3 Å². The molecule has 21 heavy (non-hydrogen) atoms. The van der Waals surface area contributed by atoms with Gasteiger partial charge in [-0.25, -0.2) is 4.79 Å². The first kappa shape index (κ1) is 16.1. The van der Waals surface area contributed by atoms with Crippen LogP contribution in [0.1, 0.15) is 59.3 Å². The van der Waals surface area contributed by atoms with Gasteiger partial charge in [-0.3, -0.25) is 4.79 Å². The van der Waals surface area contributed by atoms with Crippen LogP contribution in [0.5, 0.6) is 0 Å². The molecule has 1 saturated heterocycles. The molecule has 1 spiro atoms. The highest BCUT2D eigenvalue weighted by Gasteiger charge is 2.46. The number of aliphatic carboxylic acids is 1. The van der Waals surface area contributed by atoms with E-state index in [1.807, 2.05) is 20.8 Å². The first-order valence-electron chi connectivity index (χ1n) is 7.89. The van der Waals surface area contributed by atoms with Gasteiger partial charge >= 0.3 is 12.1 Å². The smallest absolute Gasteiger partial charge is 0.410 e. The van der Waals surface area contributed by atoms with Crippen molar-refractivity contribution in [2.75, 3.05) is 13.1 Å². The van der Waals surface area contributed by atoms with Gasteiger partial charge in [-0.15, -0.1) is 0 Å². The molecule has 1 saturated carbocycles. The Morgan fingerprint density at radius 3 is 2.29 bits per heavy atom. The lowest BCUT2D eigenvalue weighted by Gasteiger charge is -2.52. The van der Waals surface area contributed by atoms with Gasteiger partial charge in [0.25, 0.3) is 0 Å². The molecule has 0 aromatic rings. The van der Waals surface area contributed by atoms with Crippen molar-refractivity contribution in [1.82, 2.24) is 4.90 Å². The van der Waals surface area contributed by atoms with E-state index < -0.39 is 11.6 Å². The van der Waals surface area contributed by atoms with Crippen LogP contribution in [0.3, 0.4) is 0 Å². The monoisotopic (exact) mass is 297 g/mol. The van der Waals surface area contributed by atoms with Crippen molar-refractivity contribution >= 4 is 12.1 Å². The molecule has 1 N–H and O–H groups in total. The Balaban J connectivity index is 1.72. The average Bonchev–Trinajstić information content (AvgIpc) is 2.32. The molecule has 5 nitrogen and oxygen atoms in total. The number of nitrogens with zero attached hydrogens (tertiary/aromatic N) is 1.